The summed E-state index contributed by atoms with van der Waals surface area (Å²) in [5, 5.41) is 6.04. The standard InChI is InChI=1S/C17H13N5O2/c23-16-14-10-18-6-5-15(14)19-11-21(16)7-8-22-17(24)13-4-2-1-3-12(13)9-20-22/h1-6,9-11H,7-8H2. The summed E-state index contributed by atoms with van der Waals surface area (Å²) in [7, 11) is 0. The van der Waals surface area contributed by atoms with Crippen LogP contribution in [0.5, 0.6) is 0 Å². The molecule has 0 N–H and O–H groups in total. The lowest BCUT2D eigenvalue weighted by Crippen LogP contribution is -2.28. The normalized spacial score (nSPS) is 11.2. The number of hydrogen-bond acceptors (Lipinski definition) is 5. The van der Waals surface area contributed by atoms with E-state index in [4.69, 9.17) is 0 Å². The Labute approximate surface area is 135 Å². The maximum absolute atomic E-state index is 12.4. The first-order valence-electron chi connectivity index (χ1n) is 7.48. The molecule has 0 aliphatic carbocycles. The average molecular weight is 319 g/mol. The van der Waals surface area contributed by atoms with Crippen LogP contribution in [0.25, 0.3) is 21.7 Å². The van der Waals surface area contributed by atoms with Crippen LogP contribution in [0.2, 0.25) is 0 Å². The van der Waals surface area contributed by atoms with Crippen molar-refractivity contribution in [3.8, 4) is 0 Å². The highest BCUT2D eigenvalue weighted by molar-refractivity contribution is 5.80. The first kappa shape index (κ1) is 14.3. The molecular formula is C17H13N5O2. The van der Waals surface area contributed by atoms with Crippen molar-refractivity contribution in [2.24, 2.45) is 0 Å². The number of nitrogens with zero attached hydrogens (tertiary/aromatic N) is 5. The molecular weight excluding hydrogens is 306 g/mol. The molecule has 0 fully saturated rings. The van der Waals surface area contributed by atoms with E-state index in [2.05, 4.69) is 15.1 Å². The summed E-state index contributed by atoms with van der Waals surface area (Å²) in [5.74, 6) is 0. The highest BCUT2D eigenvalue weighted by Crippen LogP contribution is 2.06. The zero-order valence-corrected chi connectivity index (χ0v) is 12.7. The molecule has 0 atom stereocenters. The van der Waals surface area contributed by atoms with Gasteiger partial charge in [0.15, 0.2) is 0 Å². The molecule has 0 bridgehead atoms. The predicted octanol–water partition coefficient (Wildman–Crippen LogP) is 1.20. The van der Waals surface area contributed by atoms with Crippen molar-refractivity contribution in [1.29, 1.82) is 0 Å². The van der Waals surface area contributed by atoms with Gasteiger partial charge in [-0.3, -0.25) is 19.1 Å². The van der Waals surface area contributed by atoms with E-state index in [9.17, 15) is 9.59 Å². The van der Waals surface area contributed by atoms with Gasteiger partial charge in [-0.2, -0.15) is 5.10 Å². The molecule has 0 amide bonds. The lowest BCUT2D eigenvalue weighted by atomic mass is 10.2. The molecule has 3 aromatic heterocycles. The van der Waals surface area contributed by atoms with Gasteiger partial charge in [-0.15, -0.1) is 0 Å². The van der Waals surface area contributed by atoms with Gasteiger partial charge in [0.05, 0.1) is 35.4 Å². The van der Waals surface area contributed by atoms with E-state index in [1.807, 2.05) is 18.2 Å². The lowest BCUT2D eigenvalue weighted by Gasteiger charge is -2.08. The fourth-order valence-corrected chi connectivity index (χ4v) is 2.65. The third kappa shape index (κ3) is 2.36. The molecule has 1 aromatic carbocycles. The van der Waals surface area contributed by atoms with Gasteiger partial charge in [-0.25, -0.2) is 9.67 Å². The highest BCUT2D eigenvalue weighted by Gasteiger charge is 2.06. The molecule has 118 valence electrons. The number of aryl methyl sites for hydroxylation is 2. The first-order valence-corrected chi connectivity index (χ1v) is 7.48. The van der Waals surface area contributed by atoms with Gasteiger partial charge in [-0.05, 0) is 12.1 Å². The molecule has 0 radical (unpaired) electrons. The molecule has 4 rings (SSSR count). The van der Waals surface area contributed by atoms with Crippen molar-refractivity contribution in [2.45, 2.75) is 13.1 Å². The molecule has 0 saturated carbocycles. The number of benzene rings is 1. The van der Waals surface area contributed by atoms with Crippen molar-refractivity contribution in [3.63, 3.8) is 0 Å². The number of rotatable bonds is 3. The minimum atomic E-state index is -0.179. The third-order valence-corrected chi connectivity index (χ3v) is 3.94. The molecule has 0 spiro atoms. The van der Waals surface area contributed by atoms with Gasteiger partial charge in [-0.1, -0.05) is 18.2 Å². The highest BCUT2D eigenvalue weighted by atomic mass is 16.1. The Morgan fingerprint density at radius 3 is 2.71 bits per heavy atom. The third-order valence-electron chi connectivity index (χ3n) is 3.94. The molecule has 0 aliphatic rings. The quantitative estimate of drug-likeness (QED) is 0.567. The minimum Gasteiger partial charge on any atom is -0.297 e. The van der Waals surface area contributed by atoms with Gasteiger partial charge < -0.3 is 0 Å². The summed E-state index contributed by atoms with van der Waals surface area (Å²) in [5.41, 5.74) is 0.255. The Morgan fingerprint density at radius 1 is 0.917 bits per heavy atom. The summed E-state index contributed by atoms with van der Waals surface area (Å²) < 4.78 is 2.83. The zero-order valence-electron chi connectivity index (χ0n) is 12.7. The van der Waals surface area contributed by atoms with Crippen LogP contribution >= 0.6 is 0 Å². The van der Waals surface area contributed by atoms with Crippen LogP contribution in [0.3, 0.4) is 0 Å². The van der Waals surface area contributed by atoms with Crippen LogP contribution < -0.4 is 11.1 Å². The van der Waals surface area contributed by atoms with E-state index >= 15 is 0 Å². The second-order valence-electron chi connectivity index (χ2n) is 5.40. The molecule has 4 aromatic rings. The van der Waals surface area contributed by atoms with Gasteiger partial charge >= 0.3 is 0 Å². The van der Waals surface area contributed by atoms with E-state index in [1.54, 1.807) is 24.5 Å². The second-order valence-corrected chi connectivity index (χ2v) is 5.40. The van der Waals surface area contributed by atoms with Crippen molar-refractivity contribution < 1.29 is 0 Å². The van der Waals surface area contributed by atoms with E-state index in [0.29, 0.717) is 22.8 Å². The van der Waals surface area contributed by atoms with Crippen LogP contribution in [0.1, 0.15) is 0 Å². The number of aromatic nitrogens is 5. The number of fused-ring (bicyclic) bond motifs is 2. The summed E-state index contributed by atoms with van der Waals surface area (Å²) >= 11 is 0. The monoisotopic (exact) mass is 319 g/mol. The van der Waals surface area contributed by atoms with E-state index in [0.717, 1.165) is 5.39 Å². The summed E-state index contributed by atoms with van der Waals surface area (Å²) in [4.78, 5) is 33.1. The maximum Gasteiger partial charge on any atom is 0.274 e. The molecule has 0 saturated heterocycles. The van der Waals surface area contributed by atoms with Crippen molar-refractivity contribution in [1.82, 2.24) is 24.3 Å². The number of pyridine rings is 1. The lowest BCUT2D eigenvalue weighted by molar-refractivity contribution is 0.504. The SMILES string of the molecule is O=c1c2cnccc2ncn1CCn1ncc2ccccc2c1=O. The van der Waals surface area contributed by atoms with Crippen LogP contribution in [0.15, 0.2) is 64.8 Å². The summed E-state index contributed by atoms with van der Waals surface area (Å²) in [6.07, 6.45) is 6.23. The Kier molecular flexibility index (Phi) is 3.38. The molecule has 24 heavy (non-hydrogen) atoms. The molecule has 7 nitrogen and oxygen atoms in total. The van der Waals surface area contributed by atoms with Crippen molar-refractivity contribution >= 4 is 21.7 Å². The maximum atomic E-state index is 12.4. The Hall–Kier alpha value is -3.35. The smallest absolute Gasteiger partial charge is 0.274 e. The van der Waals surface area contributed by atoms with Gasteiger partial charge in [0.2, 0.25) is 0 Å². The van der Waals surface area contributed by atoms with Crippen molar-refractivity contribution in [2.75, 3.05) is 0 Å². The van der Waals surface area contributed by atoms with Crippen LogP contribution in [-0.2, 0) is 13.1 Å². The van der Waals surface area contributed by atoms with Crippen molar-refractivity contribution in [3.05, 3.63) is 76.0 Å². The fourth-order valence-electron chi connectivity index (χ4n) is 2.65. The topological polar surface area (TPSA) is 82.7 Å². The molecule has 0 unspecified atom stereocenters. The average Bonchev–Trinajstić information content (AvgIpc) is 2.63. The summed E-state index contributed by atoms with van der Waals surface area (Å²) in [6, 6.07) is 8.99. The Morgan fingerprint density at radius 2 is 1.79 bits per heavy atom. The van der Waals surface area contributed by atoms with E-state index in [-0.39, 0.29) is 17.7 Å². The fraction of sp³-hybridized carbons (Fsp3) is 0.118. The largest absolute Gasteiger partial charge is 0.297 e. The summed E-state index contributed by atoms with van der Waals surface area (Å²) in [6.45, 7) is 0.596. The van der Waals surface area contributed by atoms with Crippen LogP contribution in [0.4, 0.5) is 0 Å². The number of hydrogen-bond donors (Lipinski definition) is 0. The second kappa shape index (κ2) is 5.69. The minimum absolute atomic E-state index is 0.170. The van der Waals surface area contributed by atoms with Crippen LogP contribution in [0, 0.1) is 0 Å². The predicted molar refractivity (Wildman–Crippen MR) is 89.8 cm³/mol. The molecule has 7 heteroatoms. The Balaban J connectivity index is 1.68. The van der Waals surface area contributed by atoms with E-state index < -0.39 is 0 Å². The molecule has 3 heterocycles. The van der Waals surface area contributed by atoms with Gasteiger partial charge in [0.1, 0.15) is 0 Å². The van der Waals surface area contributed by atoms with Gasteiger partial charge in [0, 0.05) is 24.3 Å². The Bertz CT molecular complexity index is 1070. The van der Waals surface area contributed by atoms with Gasteiger partial charge in [0.25, 0.3) is 11.1 Å². The van der Waals surface area contributed by atoms with E-state index in [1.165, 1.54) is 21.8 Å². The zero-order chi connectivity index (χ0) is 16.5. The van der Waals surface area contributed by atoms with Crippen LogP contribution in [-0.4, -0.2) is 24.3 Å². The molecule has 0 aliphatic heterocycles. The first-order chi connectivity index (χ1) is 11.7.